The molecule has 15 heteroatoms. The Morgan fingerprint density at radius 1 is 0.908 bits per heavy atom. The van der Waals surface area contributed by atoms with Crippen molar-refractivity contribution in [2.24, 2.45) is 5.41 Å². The highest BCUT2D eigenvalue weighted by Gasteiger charge is 2.46. The van der Waals surface area contributed by atoms with Crippen molar-refractivity contribution in [2.45, 2.75) is 142 Å². The highest BCUT2D eigenvalue weighted by Crippen LogP contribution is 2.34. The monoisotopic (exact) mass is 897 g/mol. The van der Waals surface area contributed by atoms with Crippen LogP contribution in [0.25, 0.3) is 0 Å². The molecule has 1 saturated carbocycles. The molecule has 2 aromatic carbocycles. The first-order valence-electron chi connectivity index (χ1n) is 23.2. The van der Waals surface area contributed by atoms with Gasteiger partial charge in [-0.1, -0.05) is 68.4 Å². The van der Waals surface area contributed by atoms with Crippen molar-refractivity contribution in [1.29, 1.82) is 0 Å². The van der Waals surface area contributed by atoms with Gasteiger partial charge in [-0.05, 0) is 95.2 Å². The number of unbranched alkanes of at least 4 members (excludes halogenated alkanes) is 1. The number of carbonyl (C=O) groups excluding carboxylic acids is 7. The number of carbonyl (C=O) groups is 7. The number of hydrogen-bond acceptors (Lipinski definition) is 10. The molecule has 352 valence electrons. The lowest BCUT2D eigenvalue weighted by atomic mass is 9.73. The highest BCUT2D eigenvalue weighted by molar-refractivity contribution is 6.22. The standard InChI is InChI=1S/C50H68N6O9/c1-32-25-39(46(61)56(32)40(47(62)54-21-23-64-24-22-54)19-13-14-20-51-33(2)44-41(57)29-50(6,7)30-42(44)58)53-45(60)38(26-34-15-9-8-10-16-34)52-43(59)31-55(48(63)65-49(3,4)5)37-27-35-17-11-12-18-36(35)28-37/h8-12,15-18,32,37-40,51H,13-14,19-31H2,1-7H3,(H,52,59)(H,53,60)/t32?,38-,39-,40-/m1/s1. The third-order valence-electron chi connectivity index (χ3n) is 12.7. The molecule has 65 heavy (non-hydrogen) atoms. The van der Waals surface area contributed by atoms with Crippen molar-refractivity contribution in [3.63, 3.8) is 0 Å². The van der Waals surface area contributed by atoms with Crippen molar-refractivity contribution in [2.75, 3.05) is 39.4 Å². The van der Waals surface area contributed by atoms with Crippen molar-refractivity contribution in [3.05, 3.63) is 82.6 Å². The van der Waals surface area contributed by atoms with Gasteiger partial charge in [0.05, 0.1) is 18.8 Å². The van der Waals surface area contributed by atoms with Crippen LogP contribution in [0.4, 0.5) is 4.79 Å². The van der Waals surface area contributed by atoms with Crippen LogP contribution in [0, 0.1) is 5.41 Å². The Morgan fingerprint density at radius 2 is 1.52 bits per heavy atom. The highest BCUT2D eigenvalue weighted by atomic mass is 16.6. The summed E-state index contributed by atoms with van der Waals surface area (Å²) in [6.07, 6.45) is 3.05. The van der Waals surface area contributed by atoms with E-state index in [0.29, 0.717) is 83.5 Å². The maximum atomic E-state index is 14.4. The Bertz CT molecular complexity index is 2080. The molecule has 0 aromatic heterocycles. The van der Waals surface area contributed by atoms with E-state index in [1.807, 2.05) is 75.4 Å². The number of nitrogens with one attached hydrogen (secondary N) is 3. The summed E-state index contributed by atoms with van der Waals surface area (Å²) < 4.78 is 11.3. The van der Waals surface area contributed by atoms with E-state index in [0.717, 1.165) is 16.7 Å². The first-order chi connectivity index (χ1) is 30.8. The van der Waals surface area contributed by atoms with Crippen LogP contribution in [0.3, 0.4) is 0 Å². The topological polar surface area (TPSA) is 184 Å². The number of likely N-dealkylation sites (tertiary alicyclic amines) is 1. The fourth-order valence-electron chi connectivity index (χ4n) is 9.56. The van der Waals surface area contributed by atoms with E-state index in [1.165, 1.54) is 4.90 Å². The number of Topliss-reactive ketones (excluding diaryl/α,β-unsaturated/α-hetero) is 2. The number of ketones is 2. The average Bonchev–Trinajstić information content (AvgIpc) is 3.79. The Balaban J connectivity index is 1.13. The number of benzene rings is 2. The van der Waals surface area contributed by atoms with Crippen molar-refractivity contribution in [3.8, 4) is 0 Å². The van der Waals surface area contributed by atoms with E-state index in [4.69, 9.17) is 9.47 Å². The van der Waals surface area contributed by atoms with Gasteiger partial charge < -0.3 is 35.2 Å². The normalized spacial score (nSPS) is 20.8. The Hall–Kier alpha value is -5.57. The lowest BCUT2D eigenvalue weighted by molar-refractivity contribution is -0.148. The minimum absolute atomic E-state index is 0.128. The molecule has 1 unspecified atom stereocenters. The molecule has 3 fully saturated rings. The molecule has 2 aliphatic carbocycles. The SMILES string of the molecule is CC(NCCCC[C@H](C(=O)N1CCOCC1)N1C(=O)[C@H](NC(=O)[C@@H](Cc2ccccc2)NC(=O)CN(C(=O)OC(C)(C)C)C2Cc3ccccc3C2)CC1C)=C1C(=O)CC(C)(C)CC1=O. The van der Waals surface area contributed by atoms with Gasteiger partial charge >= 0.3 is 6.09 Å². The number of allylic oxidation sites excluding steroid dienone is 2. The molecule has 4 atom stereocenters. The molecular weight excluding hydrogens is 829 g/mol. The Kier molecular flexibility index (Phi) is 15.9. The molecule has 3 N–H and O–H groups in total. The van der Waals surface area contributed by atoms with E-state index in [2.05, 4.69) is 16.0 Å². The molecule has 0 spiro atoms. The van der Waals surface area contributed by atoms with Gasteiger partial charge in [0.25, 0.3) is 0 Å². The van der Waals surface area contributed by atoms with Gasteiger partial charge in [-0.2, -0.15) is 0 Å². The first-order valence-corrected chi connectivity index (χ1v) is 23.2. The van der Waals surface area contributed by atoms with E-state index < -0.39 is 41.6 Å². The Morgan fingerprint density at radius 3 is 2.14 bits per heavy atom. The summed E-state index contributed by atoms with van der Waals surface area (Å²) in [5.74, 6) is -1.97. The summed E-state index contributed by atoms with van der Waals surface area (Å²) in [5, 5.41) is 9.06. The molecule has 2 heterocycles. The number of amides is 5. The number of nitrogens with zero attached hydrogens (tertiary/aromatic N) is 3. The van der Waals surface area contributed by atoms with Crippen LogP contribution < -0.4 is 16.0 Å². The third-order valence-corrected chi connectivity index (χ3v) is 12.7. The van der Waals surface area contributed by atoms with Crippen LogP contribution in [0.2, 0.25) is 0 Å². The summed E-state index contributed by atoms with van der Waals surface area (Å²) in [4.78, 5) is 101. The molecule has 4 aliphatic rings. The molecule has 5 amide bonds. The molecule has 6 rings (SSSR count). The second-order valence-electron chi connectivity index (χ2n) is 19.9. The zero-order valence-electron chi connectivity index (χ0n) is 39.2. The summed E-state index contributed by atoms with van der Waals surface area (Å²) in [6, 6.07) is 13.6. The van der Waals surface area contributed by atoms with Crippen molar-refractivity contribution in [1.82, 2.24) is 30.7 Å². The van der Waals surface area contributed by atoms with E-state index in [-0.39, 0.29) is 65.8 Å². The fourth-order valence-corrected chi connectivity index (χ4v) is 9.56. The third kappa shape index (κ3) is 12.8. The second-order valence-corrected chi connectivity index (χ2v) is 19.9. The quantitative estimate of drug-likeness (QED) is 0.124. The van der Waals surface area contributed by atoms with Gasteiger partial charge in [-0.3, -0.25) is 33.7 Å². The molecule has 2 saturated heterocycles. The van der Waals surface area contributed by atoms with Crippen LogP contribution in [0.1, 0.15) is 104 Å². The molecular formula is C50H68N6O9. The van der Waals surface area contributed by atoms with Gasteiger partial charge in [-0.15, -0.1) is 0 Å². The predicted octanol–water partition coefficient (Wildman–Crippen LogP) is 4.44. The average molecular weight is 897 g/mol. The second kappa shape index (κ2) is 21.2. The lowest BCUT2D eigenvalue weighted by Gasteiger charge is -2.36. The zero-order valence-corrected chi connectivity index (χ0v) is 39.2. The van der Waals surface area contributed by atoms with Crippen LogP contribution in [0.15, 0.2) is 65.9 Å². The van der Waals surface area contributed by atoms with Crippen molar-refractivity contribution >= 4 is 41.3 Å². The number of rotatable bonds is 16. The van der Waals surface area contributed by atoms with Gasteiger partial charge in [0.2, 0.25) is 23.6 Å². The largest absolute Gasteiger partial charge is 0.444 e. The maximum Gasteiger partial charge on any atom is 0.411 e. The van der Waals surface area contributed by atoms with E-state index >= 15 is 0 Å². The number of ether oxygens (including phenoxy) is 2. The maximum absolute atomic E-state index is 14.4. The smallest absolute Gasteiger partial charge is 0.411 e. The van der Waals surface area contributed by atoms with Gasteiger partial charge in [0, 0.05) is 56.7 Å². The van der Waals surface area contributed by atoms with Gasteiger partial charge in [-0.25, -0.2) is 4.79 Å². The van der Waals surface area contributed by atoms with E-state index in [1.54, 1.807) is 37.5 Å². The molecule has 2 aromatic rings. The number of hydrogen-bond donors (Lipinski definition) is 3. The van der Waals surface area contributed by atoms with Crippen LogP contribution in [0.5, 0.6) is 0 Å². The minimum atomic E-state index is -1.09. The fraction of sp³-hybridized carbons (Fsp3) is 0.580. The molecule has 0 bridgehead atoms. The lowest BCUT2D eigenvalue weighted by Crippen LogP contribution is -2.57. The number of morpholine rings is 1. The molecule has 15 nitrogen and oxygen atoms in total. The predicted molar refractivity (Wildman–Crippen MR) is 244 cm³/mol. The van der Waals surface area contributed by atoms with Crippen LogP contribution >= 0.6 is 0 Å². The summed E-state index contributed by atoms with van der Waals surface area (Å²) in [7, 11) is 0. The minimum Gasteiger partial charge on any atom is -0.444 e. The molecule has 2 aliphatic heterocycles. The molecule has 0 radical (unpaired) electrons. The van der Waals surface area contributed by atoms with Crippen molar-refractivity contribution < 1.29 is 43.0 Å². The van der Waals surface area contributed by atoms with Gasteiger partial charge in [0.1, 0.15) is 30.3 Å². The van der Waals surface area contributed by atoms with Crippen LogP contribution in [-0.4, -0.2) is 131 Å². The van der Waals surface area contributed by atoms with E-state index in [9.17, 15) is 33.6 Å². The van der Waals surface area contributed by atoms with Crippen LogP contribution in [-0.2, 0) is 57.5 Å². The summed E-state index contributed by atoms with van der Waals surface area (Å²) in [6.45, 7) is 14.5. The summed E-state index contributed by atoms with van der Waals surface area (Å²) >= 11 is 0. The van der Waals surface area contributed by atoms with Gasteiger partial charge in [0.15, 0.2) is 11.6 Å². The Labute approximate surface area is 383 Å². The zero-order chi connectivity index (χ0) is 47.1. The summed E-state index contributed by atoms with van der Waals surface area (Å²) in [5.41, 5.74) is 2.61. The number of fused-ring (bicyclic) bond motifs is 1. The first kappa shape index (κ1) is 48.9.